The zero-order valence-corrected chi connectivity index (χ0v) is 12.5. The van der Waals surface area contributed by atoms with E-state index in [0.717, 1.165) is 11.6 Å². The Hall–Kier alpha value is -2.83. The number of benzene rings is 2. The van der Waals surface area contributed by atoms with Crippen LogP contribution >= 0.6 is 0 Å². The molecule has 0 heterocycles. The third-order valence-corrected chi connectivity index (χ3v) is 3.13. The van der Waals surface area contributed by atoms with Crippen molar-refractivity contribution in [1.29, 1.82) is 0 Å². The quantitative estimate of drug-likeness (QED) is 0.650. The van der Waals surface area contributed by atoms with Gasteiger partial charge in [0.15, 0.2) is 24.1 Å². The maximum atomic E-state index is 13.4. The molecule has 1 N–H and O–H groups in total. The van der Waals surface area contributed by atoms with Crippen LogP contribution in [0.4, 0.5) is 18.9 Å². The molecule has 0 saturated carbocycles. The van der Waals surface area contributed by atoms with E-state index >= 15 is 0 Å². The third-order valence-electron chi connectivity index (χ3n) is 3.13. The van der Waals surface area contributed by atoms with E-state index < -0.39 is 41.6 Å². The van der Waals surface area contributed by atoms with E-state index in [1.165, 1.54) is 0 Å². The summed E-state index contributed by atoms with van der Waals surface area (Å²) in [6, 6.07) is 10.8. The topological polar surface area (TPSA) is 55.4 Å². The van der Waals surface area contributed by atoms with E-state index in [2.05, 4.69) is 0 Å². The average Bonchev–Trinajstić information content (AvgIpc) is 2.59. The number of ether oxygens (including phenoxy) is 1. The molecule has 4 nitrogen and oxygen atoms in total. The highest BCUT2D eigenvalue weighted by atomic mass is 19.2. The lowest BCUT2D eigenvalue weighted by molar-refractivity contribution is -0.147. The molecule has 0 aliphatic rings. The number of halogens is 3. The van der Waals surface area contributed by atoms with Crippen LogP contribution in [0.25, 0.3) is 0 Å². The van der Waals surface area contributed by atoms with E-state index in [1.54, 1.807) is 0 Å². The minimum absolute atomic E-state index is 0.0802. The largest absolute Gasteiger partial charge is 0.456 e. The van der Waals surface area contributed by atoms with Crippen molar-refractivity contribution >= 4 is 17.6 Å². The molecule has 1 amide bonds. The van der Waals surface area contributed by atoms with Crippen LogP contribution in [0.15, 0.2) is 42.5 Å². The Morgan fingerprint density at radius 2 is 1.67 bits per heavy atom. The van der Waals surface area contributed by atoms with Crippen molar-refractivity contribution in [2.75, 3.05) is 11.9 Å². The van der Waals surface area contributed by atoms with Crippen molar-refractivity contribution in [3.63, 3.8) is 0 Å². The number of anilines is 1. The van der Waals surface area contributed by atoms with Crippen LogP contribution in [0.5, 0.6) is 0 Å². The molecule has 0 atom stereocenters. The Morgan fingerprint density at radius 1 is 0.958 bits per heavy atom. The molecule has 0 radical (unpaired) electrons. The highest BCUT2D eigenvalue weighted by Crippen LogP contribution is 2.19. The minimum atomic E-state index is -1.69. The van der Waals surface area contributed by atoms with Gasteiger partial charge in [-0.2, -0.15) is 0 Å². The molecule has 2 rings (SSSR count). The maximum Gasteiger partial charge on any atom is 0.306 e. The Morgan fingerprint density at radius 3 is 2.38 bits per heavy atom. The minimum Gasteiger partial charge on any atom is -0.456 e. The second-order valence-electron chi connectivity index (χ2n) is 4.92. The van der Waals surface area contributed by atoms with Crippen LogP contribution in [-0.4, -0.2) is 18.5 Å². The molecule has 0 aliphatic heterocycles. The van der Waals surface area contributed by atoms with E-state index in [1.807, 2.05) is 35.6 Å². The number of esters is 1. The predicted molar refractivity (Wildman–Crippen MR) is 80.7 cm³/mol. The van der Waals surface area contributed by atoms with Crippen molar-refractivity contribution < 1.29 is 27.5 Å². The molecule has 0 spiro atoms. The molecule has 0 bridgehead atoms. The fourth-order valence-electron chi connectivity index (χ4n) is 1.92. The van der Waals surface area contributed by atoms with Crippen LogP contribution < -0.4 is 5.32 Å². The molecule has 0 fully saturated rings. The maximum absolute atomic E-state index is 13.4. The standard InChI is InChI=1S/C17H14F3NO3/c18-12-7-8-13(17(20)16(12)19)21-14(22)10-24-15(23)9-6-11-4-2-1-3-5-11/h1-5,7-8H,6,9-10H2,(H,21,22). The number of hydrogen-bond acceptors (Lipinski definition) is 3. The lowest BCUT2D eigenvalue weighted by Crippen LogP contribution is -2.22. The Labute approximate surface area is 136 Å². The molecular weight excluding hydrogens is 323 g/mol. The monoisotopic (exact) mass is 337 g/mol. The summed E-state index contributed by atoms with van der Waals surface area (Å²) in [7, 11) is 0. The van der Waals surface area contributed by atoms with Crippen LogP contribution in [0, 0.1) is 17.5 Å². The summed E-state index contributed by atoms with van der Waals surface area (Å²) in [5.41, 5.74) is 0.419. The molecule has 24 heavy (non-hydrogen) atoms. The van der Waals surface area contributed by atoms with E-state index in [9.17, 15) is 22.8 Å². The van der Waals surface area contributed by atoms with Gasteiger partial charge >= 0.3 is 5.97 Å². The van der Waals surface area contributed by atoms with Gasteiger partial charge in [-0.05, 0) is 24.1 Å². The first-order valence-corrected chi connectivity index (χ1v) is 7.10. The summed E-state index contributed by atoms with van der Waals surface area (Å²) < 4.78 is 44.0. The summed E-state index contributed by atoms with van der Waals surface area (Å²) in [5, 5.41) is 2.01. The summed E-state index contributed by atoms with van der Waals surface area (Å²) in [4.78, 5) is 23.1. The predicted octanol–water partition coefficient (Wildman–Crippen LogP) is 3.22. The number of carbonyl (C=O) groups excluding carboxylic acids is 2. The Balaban J connectivity index is 1.79. The highest BCUT2D eigenvalue weighted by molar-refractivity contribution is 5.92. The summed E-state index contributed by atoms with van der Waals surface area (Å²) >= 11 is 0. The van der Waals surface area contributed by atoms with E-state index in [0.29, 0.717) is 12.5 Å². The van der Waals surface area contributed by atoms with Crippen molar-refractivity contribution in [2.45, 2.75) is 12.8 Å². The van der Waals surface area contributed by atoms with Crippen LogP contribution in [-0.2, 0) is 20.7 Å². The van der Waals surface area contributed by atoms with Gasteiger partial charge in [-0.25, -0.2) is 13.2 Å². The molecule has 0 aliphatic carbocycles. The molecule has 126 valence electrons. The van der Waals surface area contributed by atoms with Crippen molar-refractivity contribution in [3.8, 4) is 0 Å². The molecule has 2 aromatic rings. The molecule has 0 unspecified atom stereocenters. The lowest BCUT2D eigenvalue weighted by atomic mass is 10.1. The van der Waals surface area contributed by atoms with Gasteiger partial charge in [-0.3, -0.25) is 9.59 Å². The first kappa shape index (κ1) is 17.5. The van der Waals surface area contributed by atoms with E-state index in [4.69, 9.17) is 4.74 Å². The first-order chi connectivity index (χ1) is 11.5. The van der Waals surface area contributed by atoms with E-state index in [-0.39, 0.29) is 6.42 Å². The lowest BCUT2D eigenvalue weighted by Gasteiger charge is -2.08. The van der Waals surface area contributed by atoms with Crippen LogP contribution in [0.2, 0.25) is 0 Å². The van der Waals surface area contributed by atoms with Gasteiger partial charge in [0.25, 0.3) is 5.91 Å². The Bertz CT molecular complexity index is 735. The van der Waals surface area contributed by atoms with Crippen LogP contribution in [0.3, 0.4) is 0 Å². The first-order valence-electron chi connectivity index (χ1n) is 7.10. The van der Waals surface area contributed by atoms with Gasteiger partial charge in [0.05, 0.1) is 5.69 Å². The van der Waals surface area contributed by atoms with Crippen molar-refractivity contribution in [2.24, 2.45) is 0 Å². The van der Waals surface area contributed by atoms with Gasteiger partial charge in [0.2, 0.25) is 0 Å². The number of aryl methyl sites for hydroxylation is 1. The van der Waals surface area contributed by atoms with Crippen molar-refractivity contribution in [3.05, 3.63) is 65.5 Å². The zero-order valence-electron chi connectivity index (χ0n) is 12.5. The number of hydrogen-bond donors (Lipinski definition) is 1. The summed E-state index contributed by atoms with van der Waals surface area (Å²) in [6.07, 6.45) is 0.538. The second-order valence-corrected chi connectivity index (χ2v) is 4.92. The van der Waals surface area contributed by atoms with Gasteiger partial charge in [-0.1, -0.05) is 30.3 Å². The SMILES string of the molecule is O=C(COC(=O)CCc1ccccc1)Nc1ccc(F)c(F)c1F. The molecule has 2 aromatic carbocycles. The summed E-state index contributed by atoms with van der Waals surface area (Å²) in [5.74, 6) is -6.02. The molecule has 0 saturated heterocycles. The zero-order chi connectivity index (χ0) is 17.5. The number of rotatable bonds is 6. The molecular formula is C17H14F3NO3. The fraction of sp³-hybridized carbons (Fsp3) is 0.176. The smallest absolute Gasteiger partial charge is 0.306 e. The van der Waals surface area contributed by atoms with Crippen molar-refractivity contribution in [1.82, 2.24) is 0 Å². The second kappa shape index (κ2) is 8.14. The average molecular weight is 337 g/mol. The fourth-order valence-corrected chi connectivity index (χ4v) is 1.92. The molecule has 7 heteroatoms. The van der Waals surface area contributed by atoms with Gasteiger partial charge in [-0.15, -0.1) is 0 Å². The highest BCUT2D eigenvalue weighted by Gasteiger charge is 2.16. The van der Waals surface area contributed by atoms with Gasteiger partial charge in [0, 0.05) is 6.42 Å². The number of carbonyl (C=O) groups is 2. The number of amides is 1. The van der Waals surface area contributed by atoms with Crippen LogP contribution in [0.1, 0.15) is 12.0 Å². The normalized spacial score (nSPS) is 10.3. The molecule has 0 aromatic heterocycles. The van der Waals surface area contributed by atoms with Gasteiger partial charge in [0.1, 0.15) is 0 Å². The van der Waals surface area contributed by atoms with Gasteiger partial charge < -0.3 is 10.1 Å². The summed E-state index contributed by atoms with van der Waals surface area (Å²) in [6.45, 7) is -0.647. The number of nitrogens with one attached hydrogen (secondary N) is 1. The third kappa shape index (κ3) is 4.84. The Kier molecular flexibility index (Phi) is 5.95.